The molecular weight excluding hydrogens is 452 g/mol. The Morgan fingerprint density at radius 1 is 1.06 bits per heavy atom. The monoisotopic (exact) mass is 470 g/mol. The average molecular weight is 471 g/mol. The number of rotatable bonds is 7. The second-order valence-corrected chi connectivity index (χ2v) is 7.43. The number of thiocarbonyl (C=S) groups is 1. The van der Waals surface area contributed by atoms with E-state index in [0.717, 1.165) is 0 Å². The van der Waals surface area contributed by atoms with E-state index in [1.54, 1.807) is 54.6 Å². The summed E-state index contributed by atoms with van der Waals surface area (Å²) in [7, 11) is 1.42. The summed E-state index contributed by atoms with van der Waals surface area (Å²) in [6.45, 7) is 0. The molecule has 0 spiro atoms. The second-order valence-electron chi connectivity index (χ2n) is 6.58. The molecule has 0 saturated carbocycles. The van der Waals surface area contributed by atoms with Crippen molar-refractivity contribution >= 4 is 51.9 Å². The van der Waals surface area contributed by atoms with Crippen molar-refractivity contribution in [2.75, 3.05) is 17.7 Å². The van der Waals surface area contributed by atoms with Crippen LogP contribution in [0, 0.1) is 10.1 Å². The van der Waals surface area contributed by atoms with E-state index in [1.165, 1.54) is 19.2 Å². The molecule has 164 valence electrons. The zero-order chi connectivity index (χ0) is 23.1. The summed E-state index contributed by atoms with van der Waals surface area (Å²) >= 11 is 11.3. The SMILES string of the molecule is COc1ccc(NC(=S)NC(C(=O)Nc2cccc(Cl)c2)c2ccccc2)c([N+](=O)[O-])c1. The smallest absolute Gasteiger partial charge is 0.296 e. The van der Waals surface area contributed by atoms with Gasteiger partial charge in [-0.3, -0.25) is 14.9 Å². The summed E-state index contributed by atoms with van der Waals surface area (Å²) < 4.78 is 5.04. The molecule has 0 bridgehead atoms. The van der Waals surface area contributed by atoms with Gasteiger partial charge in [0.2, 0.25) is 0 Å². The molecular formula is C22H19ClN4O4S. The number of halogens is 1. The molecule has 1 unspecified atom stereocenters. The van der Waals surface area contributed by atoms with Gasteiger partial charge in [-0.15, -0.1) is 0 Å². The highest BCUT2D eigenvalue weighted by Gasteiger charge is 2.23. The number of nitrogens with one attached hydrogen (secondary N) is 3. The van der Waals surface area contributed by atoms with Crippen molar-refractivity contribution in [3.63, 3.8) is 0 Å². The first-order chi connectivity index (χ1) is 15.4. The Labute approximate surface area is 194 Å². The molecule has 0 fully saturated rings. The Kier molecular flexibility index (Phi) is 7.58. The largest absolute Gasteiger partial charge is 0.496 e. The molecule has 0 aliphatic carbocycles. The molecule has 3 aromatic carbocycles. The van der Waals surface area contributed by atoms with Crippen molar-refractivity contribution in [3.8, 4) is 5.75 Å². The van der Waals surface area contributed by atoms with E-state index in [1.807, 2.05) is 6.07 Å². The van der Waals surface area contributed by atoms with E-state index in [4.69, 9.17) is 28.6 Å². The molecule has 1 atom stereocenters. The van der Waals surface area contributed by atoms with Gasteiger partial charge >= 0.3 is 0 Å². The first-order valence-electron chi connectivity index (χ1n) is 9.38. The molecule has 8 nitrogen and oxygen atoms in total. The van der Waals surface area contributed by atoms with E-state index < -0.39 is 11.0 Å². The maximum Gasteiger partial charge on any atom is 0.296 e. The van der Waals surface area contributed by atoms with E-state index in [2.05, 4.69) is 16.0 Å². The molecule has 0 aliphatic rings. The number of anilines is 2. The normalized spacial score (nSPS) is 11.2. The van der Waals surface area contributed by atoms with Crippen molar-refractivity contribution < 1.29 is 14.5 Å². The topological polar surface area (TPSA) is 106 Å². The van der Waals surface area contributed by atoms with Crippen molar-refractivity contribution in [1.82, 2.24) is 5.32 Å². The second kappa shape index (κ2) is 10.6. The molecule has 1 amide bonds. The van der Waals surface area contributed by atoms with Crippen LogP contribution >= 0.6 is 23.8 Å². The van der Waals surface area contributed by atoms with Crippen LogP contribution in [-0.4, -0.2) is 23.1 Å². The van der Waals surface area contributed by atoms with Gasteiger partial charge in [-0.2, -0.15) is 0 Å². The van der Waals surface area contributed by atoms with Crippen molar-refractivity contribution in [2.24, 2.45) is 0 Å². The number of nitro benzene ring substituents is 1. The minimum atomic E-state index is -0.868. The first-order valence-corrected chi connectivity index (χ1v) is 10.2. The molecule has 0 aliphatic heterocycles. The number of benzene rings is 3. The zero-order valence-electron chi connectivity index (χ0n) is 16.9. The number of amides is 1. The van der Waals surface area contributed by atoms with Gasteiger partial charge in [-0.1, -0.05) is 48.0 Å². The lowest BCUT2D eigenvalue weighted by Crippen LogP contribution is -2.39. The van der Waals surface area contributed by atoms with E-state index in [-0.39, 0.29) is 22.4 Å². The highest BCUT2D eigenvalue weighted by atomic mass is 35.5. The Hall–Kier alpha value is -3.69. The standard InChI is InChI=1S/C22H19ClN4O4S/c1-31-17-10-11-18(19(13-17)27(29)30)25-22(32)26-20(14-6-3-2-4-7-14)21(28)24-16-9-5-8-15(23)12-16/h2-13,20H,1H3,(H,24,28)(H2,25,26,32). The van der Waals surface area contributed by atoms with Gasteiger partial charge in [0.15, 0.2) is 5.11 Å². The van der Waals surface area contributed by atoms with Crippen LogP contribution in [0.1, 0.15) is 11.6 Å². The fourth-order valence-corrected chi connectivity index (χ4v) is 3.33. The van der Waals surface area contributed by atoms with Crippen LogP contribution in [0.5, 0.6) is 5.75 Å². The highest BCUT2D eigenvalue weighted by Crippen LogP contribution is 2.29. The predicted molar refractivity (Wildman–Crippen MR) is 128 cm³/mol. The summed E-state index contributed by atoms with van der Waals surface area (Å²) in [5, 5.41) is 20.5. The van der Waals surface area contributed by atoms with Crippen LogP contribution in [0.25, 0.3) is 0 Å². The summed E-state index contributed by atoms with van der Waals surface area (Å²) in [4.78, 5) is 23.9. The maximum atomic E-state index is 13.0. The van der Waals surface area contributed by atoms with Gasteiger partial charge in [0.1, 0.15) is 17.5 Å². The van der Waals surface area contributed by atoms with Gasteiger partial charge < -0.3 is 20.7 Å². The number of nitro groups is 1. The van der Waals surface area contributed by atoms with Gasteiger partial charge in [0, 0.05) is 10.7 Å². The molecule has 32 heavy (non-hydrogen) atoms. The summed E-state index contributed by atoms with van der Waals surface area (Å²) in [6, 6.07) is 19.2. The lowest BCUT2D eigenvalue weighted by molar-refractivity contribution is -0.384. The van der Waals surface area contributed by atoms with Crippen molar-refractivity contribution in [1.29, 1.82) is 0 Å². The maximum absolute atomic E-state index is 13.0. The molecule has 3 rings (SSSR count). The molecule has 0 radical (unpaired) electrons. The molecule has 3 N–H and O–H groups in total. The third-order valence-corrected chi connectivity index (χ3v) is 4.87. The van der Waals surface area contributed by atoms with Crippen molar-refractivity contribution in [3.05, 3.63) is 93.5 Å². The lowest BCUT2D eigenvalue weighted by atomic mass is 10.1. The number of hydrogen-bond acceptors (Lipinski definition) is 5. The predicted octanol–water partition coefficient (Wildman–Crippen LogP) is 4.92. The summed E-state index contributed by atoms with van der Waals surface area (Å²) in [5.41, 5.74) is 1.12. The molecule has 0 aromatic heterocycles. The molecule has 0 heterocycles. The molecule has 3 aromatic rings. The molecule has 0 saturated heterocycles. The quantitative estimate of drug-likeness (QED) is 0.255. The minimum absolute atomic E-state index is 0.0355. The van der Waals surface area contributed by atoms with Gasteiger partial charge in [-0.05, 0) is 48.1 Å². The average Bonchev–Trinajstić information content (AvgIpc) is 2.78. The van der Waals surface area contributed by atoms with E-state index >= 15 is 0 Å². The van der Waals surface area contributed by atoms with Crippen LogP contribution in [0.15, 0.2) is 72.8 Å². The number of methoxy groups -OCH3 is 1. The summed E-state index contributed by atoms with van der Waals surface area (Å²) in [5.74, 6) is -0.0453. The van der Waals surface area contributed by atoms with E-state index in [0.29, 0.717) is 22.0 Å². The fraction of sp³-hybridized carbons (Fsp3) is 0.0909. The Bertz CT molecular complexity index is 1140. The minimum Gasteiger partial charge on any atom is -0.496 e. The number of nitrogens with zero attached hydrogens (tertiary/aromatic N) is 1. The highest BCUT2D eigenvalue weighted by molar-refractivity contribution is 7.80. The Balaban J connectivity index is 1.82. The van der Waals surface area contributed by atoms with Crippen LogP contribution in [0.4, 0.5) is 17.1 Å². The summed E-state index contributed by atoms with van der Waals surface area (Å²) in [6.07, 6.45) is 0. The fourth-order valence-electron chi connectivity index (χ4n) is 2.91. The molecule has 10 heteroatoms. The van der Waals surface area contributed by atoms with Crippen LogP contribution in [-0.2, 0) is 4.79 Å². The van der Waals surface area contributed by atoms with Gasteiger partial charge in [0.25, 0.3) is 11.6 Å². The van der Waals surface area contributed by atoms with E-state index in [9.17, 15) is 14.9 Å². The number of carbonyl (C=O) groups is 1. The number of hydrogen-bond donors (Lipinski definition) is 3. The Morgan fingerprint density at radius 2 is 1.81 bits per heavy atom. The van der Waals surface area contributed by atoms with Crippen molar-refractivity contribution in [2.45, 2.75) is 6.04 Å². The van der Waals surface area contributed by atoms with Crippen LogP contribution in [0.3, 0.4) is 0 Å². The Morgan fingerprint density at radius 3 is 2.47 bits per heavy atom. The van der Waals surface area contributed by atoms with Gasteiger partial charge in [-0.25, -0.2) is 0 Å². The third-order valence-electron chi connectivity index (χ3n) is 4.41. The van der Waals surface area contributed by atoms with Gasteiger partial charge in [0.05, 0.1) is 18.1 Å². The number of carbonyl (C=O) groups excluding carboxylic acids is 1. The number of ether oxygens (including phenoxy) is 1. The zero-order valence-corrected chi connectivity index (χ0v) is 18.4. The lowest BCUT2D eigenvalue weighted by Gasteiger charge is -2.21. The first kappa shape index (κ1) is 23.0. The third kappa shape index (κ3) is 5.93. The van der Waals surface area contributed by atoms with Crippen LogP contribution < -0.4 is 20.7 Å². The van der Waals surface area contributed by atoms with Crippen LogP contribution in [0.2, 0.25) is 5.02 Å².